The first kappa shape index (κ1) is 14.5. The zero-order chi connectivity index (χ0) is 13.9. The Kier molecular flexibility index (Phi) is 4.64. The highest BCUT2D eigenvalue weighted by atomic mass is 32.2. The van der Waals surface area contributed by atoms with Crippen LogP contribution in [0.2, 0.25) is 0 Å². The van der Waals surface area contributed by atoms with Gasteiger partial charge in [-0.05, 0) is 30.3 Å². The molecule has 1 saturated heterocycles. The van der Waals surface area contributed by atoms with Crippen molar-refractivity contribution in [2.24, 2.45) is 5.92 Å². The highest BCUT2D eigenvalue weighted by Gasteiger charge is 2.24. The minimum atomic E-state index is -3.34. The van der Waals surface area contributed by atoms with Crippen molar-refractivity contribution in [3.8, 4) is 0 Å². The molecular weight excluding hydrogens is 286 g/mol. The van der Waals surface area contributed by atoms with E-state index < -0.39 is 9.84 Å². The van der Waals surface area contributed by atoms with Crippen LogP contribution in [-0.2, 0) is 14.6 Å². The maximum atomic E-state index is 12.0. The van der Waals surface area contributed by atoms with Gasteiger partial charge in [0, 0.05) is 13.2 Å². The van der Waals surface area contributed by atoms with Crippen LogP contribution in [0, 0.1) is 5.92 Å². The van der Waals surface area contributed by atoms with Gasteiger partial charge in [0.2, 0.25) is 0 Å². The molecule has 108 valence electrons. The lowest BCUT2D eigenvalue weighted by Crippen LogP contribution is -2.24. The average molecular weight is 305 g/mol. The Labute approximate surface area is 117 Å². The predicted molar refractivity (Wildman–Crippen MR) is 76.3 cm³/mol. The number of rotatable bonds is 5. The summed E-state index contributed by atoms with van der Waals surface area (Å²) in [5, 5.41) is 3.71. The fraction of sp³-hybridized carbons (Fsp3) is 0.727. The molecule has 8 heteroatoms. The van der Waals surface area contributed by atoms with E-state index in [-0.39, 0.29) is 16.5 Å². The number of nitrogen functional groups attached to an aromatic ring is 1. The molecule has 0 aliphatic carbocycles. The van der Waals surface area contributed by atoms with E-state index in [4.69, 9.17) is 10.5 Å². The van der Waals surface area contributed by atoms with Crippen LogP contribution in [0.15, 0.2) is 4.90 Å². The molecule has 1 atom stereocenters. The average Bonchev–Trinajstić information content (AvgIpc) is 2.79. The minimum absolute atomic E-state index is 0.0246. The molecule has 2 heterocycles. The van der Waals surface area contributed by atoms with Crippen LogP contribution >= 0.6 is 11.5 Å². The molecule has 0 saturated carbocycles. The third kappa shape index (κ3) is 3.37. The number of anilines is 2. The molecule has 0 aromatic carbocycles. The Morgan fingerprint density at radius 2 is 2.37 bits per heavy atom. The Morgan fingerprint density at radius 3 is 3.00 bits per heavy atom. The van der Waals surface area contributed by atoms with Gasteiger partial charge < -0.3 is 15.8 Å². The van der Waals surface area contributed by atoms with Crippen molar-refractivity contribution in [2.75, 3.05) is 36.6 Å². The lowest BCUT2D eigenvalue weighted by molar-refractivity contribution is 0.0595. The Bertz CT molecular complexity index is 521. The highest BCUT2D eigenvalue weighted by molar-refractivity contribution is 7.91. The van der Waals surface area contributed by atoms with Gasteiger partial charge in [-0.15, -0.1) is 0 Å². The Hall–Kier alpha value is -0.860. The molecule has 1 unspecified atom stereocenters. The molecule has 1 aliphatic rings. The summed E-state index contributed by atoms with van der Waals surface area (Å²) in [7, 11) is -3.34. The number of ether oxygens (including phenoxy) is 1. The van der Waals surface area contributed by atoms with Crippen molar-refractivity contribution >= 4 is 32.2 Å². The summed E-state index contributed by atoms with van der Waals surface area (Å²) in [5.74, 6) is 0.528. The van der Waals surface area contributed by atoms with Crippen LogP contribution in [0.1, 0.15) is 19.8 Å². The van der Waals surface area contributed by atoms with E-state index in [0.29, 0.717) is 17.5 Å². The van der Waals surface area contributed by atoms with E-state index in [9.17, 15) is 8.42 Å². The lowest BCUT2D eigenvalue weighted by Gasteiger charge is -2.22. The molecule has 2 rings (SSSR count). The molecular formula is C11H19N3O3S2. The summed E-state index contributed by atoms with van der Waals surface area (Å²) < 4.78 is 33.3. The highest BCUT2D eigenvalue weighted by Crippen LogP contribution is 2.32. The lowest BCUT2D eigenvalue weighted by atomic mass is 10.0. The van der Waals surface area contributed by atoms with Crippen molar-refractivity contribution in [1.29, 1.82) is 0 Å². The summed E-state index contributed by atoms with van der Waals surface area (Å²) in [5.41, 5.74) is 5.67. The van der Waals surface area contributed by atoms with E-state index in [1.165, 1.54) is 0 Å². The molecule has 0 spiro atoms. The Balaban J connectivity index is 2.08. The summed E-state index contributed by atoms with van der Waals surface area (Å²) in [6.45, 7) is 3.83. The summed E-state index contributed by atoms with van der Waals surface area (Å²) >= 11 is 1.10. The number of nitrogens with one attached hydrogen (secondary N) is 1. The van der Waals surface area contributed by atoms with Crippen LogP contribution in [0.25, 0.3) is 0 Å². The molecule has 1 aromatic heterocycles. The minimum Gasteiger partial charge on any atom is -0.382 e. The fourth-order valence-electron chi connectivity index (χ4n) is 2.06. The van der Waals surface area contributed by atoms with Gasteiger partial charge in [-0.25, -0.2) is 8.42 Å². The second kappa shape index (κ2) is 6.06. The van der Waals surface area contributed by atoms with Crippen LogP contribution < -0.4 is 11.1 Å². The molecule has 1 aliphatic heterocycles. The van der Waals surface area contributed by atoms with E-state index >= 15 is 0 Å². The normalized spacial score (nSPS) is 20.4. The van der Waals surface area contributed by atoms with Crippen LogP contribution in [0.4, 0.5) is 10.8 Å². The van der Waals surface area contributed by atoms with Gasteiger partial charge in [0.25, 0.3) is 0 Å². The first-order valence-corrected chi connectivity index (χ1v) is 8.76. The third-order valence-electron chi connectivity index (χ3n) is 3.17. The molecule has 1 fully saturated rings. The summed E-state index contributed by atoms with van der Waals surface area (Å²) in [6.07, 6.45) is 2.15. The first-order chi connectivity index (χ1) is 9.04. The second-order valence-corrected chi connectivity index (χ2v) is 7.58. The van der Waals surface area contributed by atoms with Gasteiger partial charge in [0.15, 0.2) is 15.7 Å². The predicted octanol–water partition coefficient (Wildman–Crippen LogP) is 1.36. The van der Waals surface area contributed by atoms with Gasteiger partial charge in [-0.1, -0.05) is 6.92 Å². The van der Waals surface area contributed by atoms with Crippen molar-refractivity contribution < 1.29 is 13.2 Å². The molecule has 6 nitrogen and oxygen atoms in total. The zero-order valence-corrected chi connectivity index (χ0v) is 12.5. The SMILES string of the molecule is CCS(=O)(=O)c1c(N)nsc1NCC1CCCOC1. The maximum Gasteiger partial charge on any atom is 0.184 e. The van der Waals surface area contributed by atoms with Crippen LogP contribution in [0.5, 0.6) is 0 Å². The number of nitrogens with two attached hydrogens (primary N) is 1. The fourth-order valence-corrected chi connectivity index (χ4v) is 4.23. The maximum absolute atomic E-state index is 12.0. The number of hydrogen-bond donors (Lipinski definition) is 2. The summed E-state index contributed by atoms with van der Waals surface area (Å²) in [6, 6.07) is 0. The van der Waals surface area contributed by atoms with E-state index in [0.717, 1.165) is 37.6 Å². The van der Waals surface area contributed by atoms with E-state index in [2.05, 4.69) is 9.69 Å². The van der Waals surface area contributed by atoms with Crippen molar-refractivity contribution in [3.63, 3.8) is 0 Å². The van der Waals surface area contributed by atoms with Crippen LogP contribution in [-0.4, -0.2) is 38.3 Å². The van der Waals surface area contributed by atoms with Crippen molar-refractivity contribution in [3.05, 3.63) is 0 Å². The number of hydrogen-bond acceptors (Lipinski definition) is 7. The van der Waals surface area contributed by atoms with Gasteiger partial charge >= 0.3 is 0 Å². The van der Waals surface area contributed by atoms with Gasteiger partial charge in [-0.3, -0.25) is 0 Å². The molecule has 3 N–H and O–H groups in total. The van der Waals surface area contributed by atoms with Gasteiger partial charge in [-0.2, -0.15) is 4.37 Å². The smallest absolute Gasteiger partial charge is 0.184 e. The second-order valence-electron chi connectivity index (χ2n) is 4.59. The standard InChI is InChI=1S/C11H19N3O3S2/c1-2-19(15,16)9-10(12)14-18-11(9)13-6-8-4-3-5-17-7-8/h8,13H,2-7H2,1H3,(H2,12,14). The largest absolute Gasteiger partial charge is 0.382 e. The molecule has 0 radical (unpaired) electrons. The molecule has 0 bridgehead atoms. The van der Waals surface area contributed by atoms with Crippen LogP contribution in [0.3, 0.4) is 0 Å². The Morgan fingerprint density at radius 1 is 1.58 bits per heavy atom. The number of aromatic nitrogens is 1. The molecule has 0 amide bonds. The third-order valence-corrected chi connectivity index (χ3v) is 5.91. The topological polar surface area (TPSA) is 94.3 Å². The quantitative estimate of drug-likeness (QED) is 0.853. The number of sulfone groups is 1. The number of nitrogens with zero attached hydrogens (tertiary/aromatic N) is 1. The van der Waals surface area contributed by atoms with E-state index in [1.807, 2.05) is 0 Å². The van der Waals surface area contributed by atoms with Crippen molar-refractivity contribution in [1.82, 2.24) is 4.37 Å². The van der Waals surface area contributed by atoms with Crippen molar-refractivity contribution in [2.45, 2.75) is 24.7 Å². The van der Waals surface area contributed by atoms with Gasteiger partial charge in [0.1, 0.15) is 9.90 Å². The summed E-state index contributed by atoms with van der Waals surface area (Å²) in [4.78, 5) is 0.150. The molecule has 1 aromatic rings. The monoisotopic (exact) mass is 305 g/mol. The first-order valence-electron chi connectivity index (χ1n) is 6.34. The van der Waals surface area contributed by atoms with E-state index in [1.54, 1.807) is 6.92 Å². The molecule has 19 heavy (non-hydrogen) atoms. The zero-order valence-electron chi connectivity index (χ0n) is 10.9. The van der Waals surface area contributed by atoms with Gasteiger partial charge in [0.05, 0.1) is 12.4 Å².